The highest BCUT2D eigenvalue weighted by atomic mass is 16.5. The minimum absolute atomic E-state index is 0.450. The Morgan fingerprint density at radius 1 is 0.909 bits per heavy atom. The first kappa shape index (κ1) is 22.7. The zero-order valence-electron chi connectivity index (χ0n) is 19.4. The Morgan fingerprint density at radius 3 is 2.52 bits per heavy atom. The molecular formula is C29H32N2O2. The van der Waals surface area contributed by atoms with E-state index in [1.54, 1.807) is 0 Å². The molecular weight excluding hydrogens is 408 g/mol. The van der Waals surface area contributed by atoms with Crippen molar-refractivity contribution in [2.45, 2.75) is 45.8 Å². The Kier molecular flexibility index (Phi) is 7.81. The van der Waals surface area contributed by atoms with E-state index in [0.717, 1.165) is 60.6 Å². The van der Waals surface area contributed by atoms with Crippen molar-refractivity contribution in [1.82, 2.24) is 9.55 Å². The van der Waals surface area contributed by atoms with Crippen molar-refractivity contribution in [3.05, 3.63) is 102 Å². The molecule has 4 rings (SSSR count). The van der Waals surface area contributed by atoms with Gasteiger partial charge in [0, 0.05) is 6.54 Å². The van der Waals surface area contributed by atoms with Crippen molar-refractivity contribution in [2.24, 2.45) is 0 Å². The molecule has 4 nitrogen and oxygen atoms in total. The lowest BCUT2D eigenvalue weighted by Crippen LogP contribution is -2.09. The van der Waals surface area contributed by atoms with Gasteiger partial charge in [0.2, 0.25) is 0 Å². The third kappa shape index (κ3) is 5.83. The van der Waals surface area contributed by atoms with Crippen LogP contribution in [-0.4, -0.2) is 16.2 Å². The molecule has 0 radical (unpaired) electrons. The lowest BCUT2D eigenvalue weighted by molar-refractivity contribution is 0.284. The number of aryl methyl sites for hydroxylation is 2. The van der Waals surface area contributed by atoms with E-state index in [1.807, 2.05) is 42.5 Å². The zero-order chi connectivity index (χ0) is 22.9. The first-order chi connectivity index (χ1) is 16.3. The first-order valence-electron chi connectivity index (χ1n) is 11.8. The average Bonchev–Trinajstić information content (AvgIpc) is 3.21. The van der Waals surface area contributed by atoms with Crippen molar-refractivity contribution in [3.63, 3.8) is 0 Å². The Bertz CT molecular complexity index is 1180. The van der Waals surface area contributed by atoms with Gasteiger partial charge in [-0.15, -0.1) is 6.58 Å². The number of hydrogen-bond donors (Lipinski definition) is 0. The highest BCUT2D eigenvalue weighted by Crippen LogP contribution is 2.21. The van der Waals surface area contributed by atoms with Crippen LogP contribution >= 0.6 is 0 Å². The van der Waals surface area contributed by atoms with Crippen LogP contribution in [0.15, 0.2) is 85.5 Å². The van der Waals surface area contributed by atoms with E-state index < -0.39 is 0 Å². The number of fused-ring (bicyclic) bond motifs is 1. The van der Waals surface area contributed by atoms with Crippen LogP contribution in [-0.2, 0) is 26.0 Å². The number of benzene rings is 3. The summed E-state index contributed by atoms with van der Waals surface area (Å²) >= 11 is 0. The third-order valence-electron chi connectivity index (χ3n) is 5.80. The fourth-order valence-corrected chi connectivity index (χ4v) is 3.98. The normalized spacial score (nSPS) is 10.9. The predicted molar refractivity (Wildman–Crippen MR) is 135 cm³/mol. The highest BCUT2D eigenvalue weighted by Gasteiger charge is 2.11. The lowest BCUT2D eigenvalue weighted by Gasteiger charge is -2.12. The second-order valence-corrected chi connectivity index (χ2v) is 8.11. The summed E-state index contributed by atoms with van der Waals surface area (Å²) in [6, 6.07) is 24.8. The smallest absolute Gasteiger partial charge is 0.147 e. The third-order valence-corrected chi connectivity index (χ3v) is 5.80. The number of ether oxygens (including phenoxy) is 2. The molecule has 0 aliphatic rings. The second kappa shape index (κ2) is 11.4. The molecule has 0 amide bonds. The Hall–Kier alpha value is -3.53. The van der Waals surface area contributed by atoms with Crippen LogP contribution in [0.25, 0.3) is 11.0 Å². The second-order valence-electron chi connectivity index (χ2n) is 8.11. The van der Waals surface area contributed by atoms with Gasteiger partial charge in [0.1, 0.15) is 23.9 Å². The van der Waals surface area contributed by atoms with Crippen LogP contribution in [0.1, 0.15) is 36.7 Å². The standard InChI is InChI=1S/C29H32N2O2/c1-3-11-24-12-5-8-15-28(24)32-21-10-9-20-31-27-14-7-6-13-26(27)30-29(31)22-33-25-18-16-23(4-2)17-19-25/h3,5-8,12-19H,1,4,9-11,20-22H2,2H3. The fraction of sp³-hybridized carbons (Fsp3) is 0.276. The molecule has 170 valence electrons. The summed E-state index contributed by atoms with van der Waals surface area (Å²) in [5, 5.41) is 0. The molecule has 3 aromatic carbocycles. The molecule has 1 heterocycles. The van der Waals surface area contributed by atoms with Crippen LogP contribution in [0.2, 0.25) is 0 Å². The van der Waals surface area contributed by atoms with Crippen molar-refractivity contribution >= 4 is 11.0 Å². The number of hydrogen-bond acceptors (Lipinski definition) is 3. The molecule has 0 N–H and O–H groups in total. The van der Waals surface area contributed by atoms with Gasteiger partial charge in [-0.2, -0.15) is 0 Å². The fourth-order valence-electron chi connectivity index (χ4n) is 3.98. The molecule has 33 heavy (non-hydrogen) atoms. The molecule has 0 unspecified atom stereocenters. The first-order valence-corrected chi connectivity index (χ1v) is 11.8. The number of rotatable bonds is 12. The minimum atomic E-state index is 0.450. The summed E-state index contributed by atoms with van der Waals surface area (Å²) in [6.45, 7) is 8.01. The number of imidazole rings is 1. The molecule has 4 aromatic rings. The van der Waals surface area contributed by atoms with Gasteiger partial charge >= 0.3 is 0 Å². The average molecular weight is 441 g/mol. The topological polar surface area (TPSA) is 36.3 Å². The summed E-state index contributed by atoms with van der Waals surface area (Å²) in [7, 11) is 0. The van der Waals surface area contributed by atoms with Crippen LogP contribution in [0.5, 0.6) is 11.5 Å². The maximum atomic E-state index is 6.07. The van der Waals surface area contributed by atoms with E-state index >= 15 is 0 Å². The van der Waals surface area contributed by atoms with E-state index in [0.29, 0.717) is 13.2 Å². The molecule has 0 atom stereocenters. The number of allylic oxidation sites excluding steroid dienone is 1. The number of aromatic nitrogens is 2. The quantitative estimate of drug-likeness (QED) is 0.180. The summed E-state index contributed by atoms with van der Waals surface area (Å²) in [4.78, 5) is 4.84. The largest absolute Gasteiger partial charge is 0.493 e. The van der Waals surface area contributed by atoms with Crippen LogP contribution in [0.4, 0.5) is 0 Å². The van der Waals surface area contributed by atoms with Gasteiger partial charge < -0.3 is 14.0 Å². The molecule has 0 aliphatic carbocycles. The molecule has 0 aliphatic heterocycles. The van der Waals surface area contributed by atoms with Gasteiger partial charge in [-0.25, -0.2) is 4.98 Å². The SMILES string of the molecule is C=CCc1ccccc1OCCCCn1c(COc2ccc(CC)cc2)nc2ccccc21. The zero-order valence-corrected chi connectivity index (χ0v) is 19.4. The van der Waals surface area contributed by atoms with E-state index in [-0.39, 0.29) is 0 Å². The maximum absolute atomic E-state index is 6.07. The van der Waals surface area contributed by atoms with Gasteiger partial charge in [0.05, 0.1) is 17.6 Å². The maximum Gasteiger partial charge on any atom is 0.147 e. The molecule has 4 heteroatoms. The van der Waals surface area contributed by atoms with E-state index in [2.05, 4.69) is 54.5 Å². The van der Waals surface area contributed by atoms with E-state index in [1.165, 1.54) is 11.1 Å². The summed E-state index contributed by atoms with van der Waals surface area (Å²) in [6.07, 6.45) is 5.73. The Balaban J connectivity index is 1.37. The number of para-hydroxylation sites is 3. The minimum Gasteiger partial charge on any atom is -0.493 e. The van der Waals surface area contributed by atoms with E-state index in [9.17, 15) is 0 Å². The van der Waals surface area contributed by atoms with Crippen LogP contribution < -0.4 is 9.47 Å². The number of nitrogens with zero attached hydrogens (tertiary/aromatic N) is 2. The van der Waals surface area contributed by atoms with Crippen molar-refractivity contribution in [2.75, 3.05) is 6.61 Å². The lowest BCUT2D eigenvalue weighted by atomic mass is 10.1. The van der Waals surface area contributed by atoms with Gasteiger partial charge in [-0.05, 0) is 67.1 Å². The Morgan fingerprint density at radius 2 is 1.70 bits per heavy atom. The molecule has 1 aromatic heterocycles. The molecule has 0 fully saturated rings. The molecule has 0 spiro atoms. The molecule has 0 saturated heterocycles. The number of unbranched alkanes of at least 4 members (excludes halogenated alkanes) is 1. The predicted octanol–water partition coefficient (Wildman–Crippen LogP) is 6.77. The van der Waals surface area contributed by atoms with Gasteiger partial charge in [-0.3, -0.25) is 0 Å². The van der Waals surface area contributed by atoms with Gasteiger partial charge in [-0.1, -0.05) is 55.5 Å². The van der Waals surface area contributed by atoms with Gasteiger partial charge in [0.25, 0.3) is 0 Å². The van der Waals surface area contributed by atoms with Crippen molar-refractivity contribution < 1.29 is 9.47 Å². The van der Waals surface area contributed by atoms with Crippen molar-refractivity contribution in [1.29, 1.82) is 0 Å². The van der Waals surface area contributed by atoms with Crippen LogP contribution in [0.3, 0.4) is 0 Å². The monoisotopic (exact) mass is 440 g/mol. The van der Waals surface area contributed by atoms with E-state index in [4.69, 9.17) is 14.5 Å². The highest BCUT2D eigenvalue weighted by molar-refractivity contribution is 5.75. The van der Waals surface area contributed by atoms with Crippen molar-refractivity contribution in [3.8, 4) is 11.5 Å². The van der Waals surface area contributed by atoms with Gasteiger partial charge in [0.15, 0.2) is 0 Å². The van der Waals surface area contributed by atoms with Crippen LogP contribution in [0, 0.1) is 0 Å². The summed E-state index contributed by atoms with van der Waals surface area (Å²) < 4.78 is 14.4. The summed E-state index contributed by atoms with van der Waals surface area (Å²) in [5.41, 5.74) is 4.64. The molecule has 0 bridgehead atoms. The molecule has 0 saturated carbocycles. The Labute approximate surface area is 196 Å². The summed E-state index contributed by atoms with van der Waals surface area (Å²) in [5.74, 6) is 2.78.